The predicted octanol–water partition coefficient (Wildman–Crippen LogP) is 0.216. The van der Waals surface area contributed by atoms with Gasteiger partial charge in [-0.05, 0) is 12.1 Å². The molecule has 0 spiro atoms. The first-order valence-electron chi connectivity index (χ1n) is 6.89. The number of hydrogen-bond donors (Lipinski definition) is 1. The Morgan fingerprint density at radius 3 is 2.95 bits per heavy atom. The average molecular weight is 320 g/mol. The molecule has 0 radical (unpaired) electrons. The highest BCUT2D eigenvalue weighted by atomic mass is 32.2. The number of carbonyl (C=O) groups excluding carboxylic acids is 1. The van der Waals surface area contributed by atoms with E-state index in [0.29, 0.717) is 12.0 Å². The van der Waals surface area contributed by atoms with Crippen LogP contribution in [0.5, 0.6) is 0 Å². The quantitative estimate of drug-likeness (QED) is 0.873. The number of fused-ring (bicyclic) bond motifs is 1. The van der Waals surface area contributed by atoms with Crippen molar-refractivity contribution in [3.63, 3.8) is 0 Å². The summed E-state index contributed by atoms with van der Waals surface area (Å²) in [5.41, 5.74) is 2.26. The highest BCUT2D eigenvalue weighted by Gasteiger charge is 2.30. The molecule has 2 aromatic rings. The van der Waals surface area contributed by atoms with E-state index < -0.39 is 9.84 Å². The normalized spacial score (nSPS) is 16.0. The van der Waals surface area contributed by atoms with Crippen LogP contribution in [0, 0.1) is 0 Å². The lowest BCUT2D eigenvalue weighted by molar-refractivity contribution is 0.0944. The van der Waals surface area contributed by atoms with Crippen LogP contribution in [-0.2, 0) is 35.6 Å². The summed E-state index contributed by atoms with van der Waals surface area (Å²) in [5, 5.41) is 6.92. The fourth-order valence-electron chi connectivity index (χ4n) is 2.55. The molecule has 3 rings (SSSR count). The van der Waals surface area contributed by atoms with Gasteiger partial charge in [0.1, 0.15) is 0 Å². The number of sulfone groups is 1. The second kappa shape index (κ2) is 5.53. The number of aromatic nitrogens is 3. The molecule has 0 atom stereocenters. The van der Waals surface area contributed by atoms with Crippen LogP contribution in [0.3, 0.4) is 0 Å². The lowest BCUT2D eigenvalue weighted by Crippen LogP contribution is -2.26. The van der Waals surface area contributed by atoms with Gasteiger partial charge in [-0.2, -0.15) is 5.10 Å². The summed E-state index contributed by atoms with van der Waals surface area (Å²) < 4.78 is 25.2. The molecule has 1 amide bonds. The first-order valence-corrected chi connectivity index (χ1v) is 8.72. The van der Waals surface area contributed by atoms with Gasteiger partial charge in [0.2, 0.25) is 0 Å². The van der Waals surface area contributed by atoms with Crippen molar-refractivity contribution in [2.75, 3.05) is 5.75 Å². The minimum absolute atomic E-state index is 0.106. The third kappa shape index (κ3) is 2.87. The first kappa shape index (κ1) is 14.7. The molecule has 0 aromatic carbocycles. The Kier molecular flexibility index (Phi) is 3.69. The zero-order valence-corrected chi connectivity index (χ0v) is 12.9. The molecular weight excluding hydrogens is 304 g/mol. The van der Waals surface area contributed by atoms with Crippen LogP contribution in [-0.4, -0.2) is 34.8 Å². The molecule has 0 bridgehead atoms. The van der Waals surface area contributed by atoms with E-state index >= 15 is 0 Å². The van der Waals surface area contributed by atoms with E-state index in [2.05, 4.69) is 15.4 Å². The fourth-order valence-corrected chi connectivity index (χ4v) is 3.94. The Balaban J connectivity index is 1.82. The van der Waals surface area contributed by atoms with Crippen molar-refractivity contribution in [1.82, 2.24) is 20.1 Å². The standard InChI is InChI=1S/C14H16N4O3S/c1-18-12-5-7-22(20,21)9-11(12)13(17-18)14(19)16-8-10-4-2-3-6-15-10/h2-4,6H,5,7-9H2,1H3,(H,16,19). The van der Waals surface area contributed by atoms with Crippen LogP contribution in [0.25, 0.3) is 0 Å². The average Bonchev–Trinajstić information content (AvgIpc) is 2.81. The van der Waals surface area contributed by atoms with Crippen molar-refractivity contribution >= 4 is 15.7 Å². The summed E-state index contributed by atoms with van der Waals surface area (Å²) in [6.07, 6.45) is 2.05. The largest absolute Gasteiger partial charge is 0.345 e. The van der Waals surface area contributed by atoms with Crippen LogP contribution in [0.4, 0.5) is 0 Å². The third-order valence-electron chi connectivity index (χ3n) is 3.66. The molecule has 22 heavy (non-hydrogen) atoms. The van der Waals surface area contributed by atoms with Crippen molar-refractivity contribution in [2.24, 2.45) is 7.05 Å². The van der Waals surface area contributed by atoms with Crippen molar-refractivity contribution in [3.8, 4) is 0 Å². The molecular formula is C14H16N4O3S. The van der Waals surface area contributed by atoms with Gasteiger partial charge in [-0.15, -0.1) is 0 Å². The molecule has 2 aromatic heterocycles. The number of pyridine rings is 1. The number of amides is 1. The minimum Gasteiger partial charge on any atom is -0.345 e. The smallest absolute Gasteiger partial charge is 0.272 e. The molecule has 0 unspecified atom stereocenters. The second-order valence-corrected chi connectivity index (χ2v) is 7.43. The molecule has 1 aliphatic heterocycles. The maximum Gasteiger partial charge on any atom is 0.272 e. The number of nitrogens with zero attached hydrogens (tertiary/aromatic N) is 3. The van der Waals surface area contributed by atoms with Gasteiger partial charge in [0.05, 0.1) is 23.7 Å². The predicted molar refractivity (Wildman–Crippen MR) is 79.8 cm³/mol. The fraction of sp³-hybridized carbons (Fsp3) is 0.357. The van der Waals surface area contributed by atoms with E-state index in [4.69, 9.17) is 0 Å². The summed E-state index contributed by atoms with van der Waals surface area (Å²) in [7, 11) is -1.42. The maximum atomic E-state index is 12.3. The van der Waals surface area contributed by atoms with Gasteiger partial charge < -0.3 is 5.32 Å². The van der Waals surface area contributed by atoms with Gasteiger partial charge in [0, 0.05) is 30.9 Å². The van der Waals surface area contributed by atoms with Crippen molar-refractivity contribution in [2.45, 2.75) is 18.7 Å². The Labute approximate surface area is 128 Å². The first-order chi connectivity index (χ1) is 10.5. The molecule has 0 aliphatic carbocycles. The van der Waals surface area contributed by atoms with E-state index in [1.807, 2.05) is 6.07 Å². The van der Waals surface area contributed by atoms with Gasteiger partial charge >= 0.3 is 0 Å². The molecule has 0 saturated heterocycles. The summed E-state index contributed by atoms with van der Waals surface area (Å²) in [6, 6.07) is 5.44. The van der Waals surface area contributed by atoms with E-state index in [1.165, 1.54) is 0 Å². The number of hydrogen-bond acceptors (Lipinski definition) is 5. The van der Waals surface area contributed by atoms with Crippen molar-refractivity contribution in [1.29, 1.82) is 0 Å². The third-order valence-corrected chi connectivity index (χ3v) is 5.21. The monoisotopic (exact) mass is 320 g/mol. The maximum absolute atomic E-state index is 12.3. The van der Waals surface area contributed by atoms with E-state index in [0.717, 1.165) is 11.4 Å². The van der Waals surface area contributed by atoms with Crippen LogP contribution in [0.1, 0.15) is 27.4 Å². The van der Waals surface area contributed by atoms with Crippen LogP contribution in [0.15, 0.2) is 24.4 Å². The molecule has 3 heterocycles. The number of carbonyl (C=O) groups is 1. The van der Waals surface area contributed by atoms with Crippen LogP contribution in [0.2, 0.25) is 0 Å². The molecule has 1 N–H and O–H groups in total. The Hall–Kier alpha value is -2.22. The number of nitrogens with one attached hydrogen (secondary N) is 1. The SMILES string of the molecule is Cn1nc(C(=O)NCc2ccccn2)c2c1CCS(=O)(=O)C2. The van der Waals surface area contributed by atoms with Gasteiger partial charge in [0.25, 0.3) is 5.91 Å². The van der Waals surface area contributed by atoms with E-state index in [-0.39, 0.29) is 29.7 Å². The molecule has 7 nitrogen and oxygen atoms in total. The van der Waals surface area contributed by atoms with Crippen LogP contribution >= 0.6 is 0 Å². The van der Waals surface area contributed by atoms with Crippen molar-refractivity contribution < 1.29 is 13.2 Å². The van der Waals surface area contributed by atoms with Gasteiger partial charge in [-0.25, -0.2) is 8.42 Å². The zero-order chi connectivity index (χ0) is 15.7. The summed E-state index contributed by atoms with van der Waals surface area (Å²) >= 11 is 0. The number of aryl methyl sites for hydroxylation is 1. The second-order valence-electron chi connectivity index (χ2n) is 5.24. The van der Waals surface area contributed by atoms with Crippen LogP contribution < -0.4 is 5.32 Å². The molecule has 8 heteroatoms. The molecule has 1 aliphatic rings. The topological polar surface area (TPSA) is 93.9 Å². The summed E-state index contributed by atoms with van der Waals surface area (Å²) in [5.74, 6) is -0.392. The molecule has 0 saturated carbocycles. The Morgan fingerprint density at radius 2 is 2.23 bits per heavy atom. The van der Waals surface area contributed by atoms with Gasteiger partial charge in [-0.3, -0.25) is 14.5 Å². The Morgan fingerprint density at radius 1 is 1.41 bits per heavy atom. The highest BCUT2D eigenvalue weighted by Crippen LogP contribution is 2.23. The Bertz CT molecular complexity index is 812. The van der Waals surface area contributed by atoms with E-state index in [1.54, 1.807) is 30.1 Å². The van der Waals surface area contributed by atoms with Crippen molar-refractivity contribution in [3.05, 3.63) is 47.0 Å². The van der Waals surface area contributed by atoms with Gasteiger partial charge in [-0.1, -0.05) is 6.07 Å². The van der Waals surface area contributed by atoms with E-state index in [9.17, 15) is 13.2 Å². The lowest BCUT2D eigenvalue weighted by atomic mass is 10.1. The molecule has 116 valence electrons. The zero-order valence-electron chi connectivity index (χ0n) is 12.1. The highest BCUT2D eigenvalue weighted by molar-refractivity contribution is 7.90. The molecule has 0 fully saturated rings. The number of rotatable bonds is 3. The lowest BCUT2D eigenvalue weighted by Gasteiger charge is -2.13. The summed E-state index contributed by atoms with van der Waals surface area (Å²) in [6.45, 7) is 0.276. The minimum atomic E-state index is -3.15. The summed E-state index contributed by atoms with van der Waals surface area (Å²) in [4.78, 5) is 16.4. The van der Waals surface area contributed by atoms with Gasteiger partial charge in [0.15, 0.2) is 15.5 Å².